The van der Waals surface area contributed by atoms with E-state index in [1.54, 1.807) is 0 Å². The Labute approximate surface area is 106 Å². The molecule has 5 heteroatoms. The van der Waals surface area contributed by atoms with Crippen molar-refractivity contribution < 1.29 is 0 Å². The van der Waals surface area contributed by atoms with E-state index in [2.05, 4.69) is 34.8 Å². The van der Waals surface area contributed by atoms with Gasteiger partial charge < -0.3 is 10.6 Å². The Morgan fingerprint density at radius 3 is 2.65 bits per heavy atom. The number of hydrogen-bond donors (Lipinski definition) is 2. The zero-order chi connectivity index (χ0) is 11.1. The number of nitrogens with one attached hydrogen (secondary N) is 2. The van der Waals surface area contributed by atoms with Crippen LogP contribution < -0.4 is 10.6 Å². The molecule has 2 N–H and O–H groups in total. The molecule has 0 spiro atoms. The summed E-state index contributed by atoms with van der Waals surface area (Å²) in [7, 11) is 1.95. The van der Waals surface area contributed by atoms with Crippen LogP contribution in [0.3, 0.4) is 0 Å². The van der Waals surface area contributed by atoms with Crippen LogP contribution in [0.15, 0.2) is 6.20 Å². The largest absolute Gasteiger partial charge is 0.318 e. The zero-order valence-corrected chi connectivity index (χ0v) is 9.82. The fraction of sp³-hybridized carbons (Fsp3) is 0.833. The Morgan fingerprint density at radius 2 is 2.06 bits per heavy atom. The van der Waals surface area contributed by atoms with Crippen molar-refractivity contribution >= 4 is 0 Å². The van der Waals surface area contributed by atoms with Crippen molar-refractivity contribution in [3.63, 3.8) is 0 Å². The molecule has 1 aromatic heterocycles. The van der Waals surface area contributed by atoms with E-state index in [1.165, 1.54) is 0 Å². The molecule has 0 aliphatic carbocycles. The number of aromatic nitrogens is 3. The van der Waals surface area contributed by atoms with Crippen molar-refractivity contribution in [2.24, 2.45) is 0 Å². The summed E-state index contributed by atoms with van der Waals surface area (Å²) in [6, 6.07) is 0.434. The Bertz CT molecular complexity index is 272. The summed E-state index contributed by atoms with van der Waals surface area (Å²) in [6.45, 7) is 7.01. The van der Waals surface area contributed by atoms with Crippen LogP contribution in [0, 0.1) is 0 Å². The lowest BCUT2D eigenvalue weighted by molar-refractivity contribution is 0.464. The predicted octanol–water partition coefficient (Wildman–Crippen LogP) is 1.83. The van der Waals surface area contributed by atoms with Gasteiger partial charge in [-0.3, -0.25) is 0 Å². The van der Waals surface area contributed by atoms with Crippen LogP contribution in [-0.4, -0.2) is 35.1 Å². The Balaban J connectivity index is 0. The van der Waals surface area contributed by atoms with E-state index >= 15 is 0 Å². The third-order valence-electron chi connectivity index (χ3n) is 2.46. The molecule has 0 aliphatic heterocycles. The molecule has 0 aromatic carbocycles. The second-order valence-electron chi connectivity index (χ2n) is 3.73. The van der Waals surface area contributed by atoms with Gasteiger partial charge in [0.05, 0.1) is 17.9 Å². The Kier molecular flexibility index (Phi) is 11.1. The van der Waals surface area contributed by atoms with Gasteiger partial charge in [-0.25, -0.2) is 4.68 Å². The van der Waals surface area contributed by atoms with Crippen LogP contribution in [-0.2, 0) is 6.54 Å². The van der Waals surface area contributed by atoms with Gasteiger partial charge in [-0.15, -0.1) is 5.10 Å². The maximum absolute atomic E-state index is 4.11. The smallest absolute Gasteiger partial charge is 0.0964 e. The van der Waals surface area contributed by atoms with Crippen molar-refractivity contribution in [2.75, 3.05) is 20.1 Å². The molecule has 1 atom stereocenters. The summed E-state index contributed by atoms with van der Waals surface area (Å²) in [5.74, 6) is 0. The van der Waals surface area contributed by atoms with E-state index in [0.29, 0.717) is 6.04 Å². The molecule has 5 nitrogen and oxygen atoms in total. The third-order valence-corrected chi connectivity index (χ3v) is 2.46. The maximum Gasteiger partial charge on any atom is 0.0964 e. The fourth-order valence-electron chi connectivity index (χ4n) is 1.23. The van der Waals surface area contributed by atoms with E-state index in [4.69, 9.17) is 0 Å². The summed E-state index contributed by atoms with van der Waals surface area (Å²) in [4.78, 5) is 0. The van der Waals surface area contributed by atoms with Gasteiger partial charge in [0.15, 0.2) is 0 Å². The average molecular weight is 243 g/mol. The van der Waals surface area contributed by atoms with E-state index in [-0.39, 0.29) is 14.9 Å². The predicted molar refractivity (Wildman–Crippen MR) is 74.1 cm³/mol. The van der Waals surface area contributed by atoms with Gasteiger partial charge in [-0.2, -0.15) is 0 Å². The third kappa shape index (κ3) is 6.38. The number of nitrogens with zero attached hydrogens (tertiary/aromatic N) is 3. The normalized spacial score (nSPS) is 11.5. The van der Waals surface area contributed by atoms with Gasteiger partial charge >= 0.3 is 0 Å². The first-order chi connectivity index (χ1) is 7.27. The van der Waals surface area contributed by atoms with Crippen molar-refractivity contribution in [3.8, 4) is 0 Å². The minimum absolute atomic E-state index is 0. The van der Waals surface area contributed by atoms with Gasteiger partial charge in [0.1, 0.15) is 0 Å². The molecule has 1 heterocycles. The number of likely N-dealkylation sites (N-methyl/N-ethyl adjacent to an activating group) is 1. The van der Waals surface area contributed by atoms with Crippen LogP contribution >= 0.6 is 0 Å². The van der Waals surface area contributed by atoms with E-state index in [0.717, 1.165) is 31.7 Å². The summed E-state index contributed by atoms with van der Waals surface area (Å²) in [5, 5.41) is 14.6. The molecule has 0 radical (unpaired) electrons. The molecule has 0 fully saturated rings. The zero-order valence-electron chi connectivity index (χ0n) is 9.82. The second kappa shape index (κ2) is 10.2. The van der Waals surface area contributed by atoms with Crippen LogP contribution in [0.4, 0.5) is 0 Å². The lowest BCUT2D eigenvalue weighted by Crippen LogP contribution is -2.24. The van der Waals surface area contributed by atoms with Crippen LogP contribution in [0.25, 0.3) is 0 Å². The average Bonchev–Trinajstić information content (AvgIpc) is 2.72. The highest BCUT2D eigenvalue weighted by Gasteiger charge is 2.04. The number of rotatable bonds is 7. The highest BCUT2D eigenvalue weighted by Crippen LogP contribution is 2.07. The summed E-state index contributed by atoms with van der Waals surface area (Å²) in [5.41, 5.74) is 1.01. The Hall–Kier alpha value is -0.940. The topological polar surface area (TPSA) is 54.8 Å². The molecule has 1 aromatic rings. The van der Waals surface area contributed by atoms with Gasteiger partial charge in [0, 0.05) is 19.6 Å². The first kappa shape index (κ1) is 18.4. The van der Waals surface area contributed by atoms with E-state index < -0.39 is 0 Å². The van der Waals surface area contributed by atoms with Crippen molar-refractivity contribution in [2.45, 2.75) is 47.7 Å². The maximum atomic E-state index is 4.11. The monoisotopic (exact) mass is 243 g/mol. The molecule has 102 valence electrons. The van der Waals surface area contributed by atoms with Crippen molar-refractivity contribution in [1.29, 1.82) is 0 Å². The van der Waals surface area contributed by atoms with Crippen molar-refractivity contribution in [1.82, 2.24) is 25.6 Å². The van der Waals surface area contributed by atoms with Gasteiger partial charge in [-0.05, 0) is 20.4 Å². The van der Waals surface area contributed by atoms with Crippen LogP contribution in [0.1, 0.15) is 46.9 Å². The molecule has 0 amide bonds. The SMILES string of the molecule is C.C.CCC(C)n1cc(CNCCNC)nn1. The van der Waals surface area contributed by atoms with Gasteiger partial charge in [0.25, 0.3) is 0 Å². The molecule has 17 heavy (non-hydrogen) atoms. The molecule has 0 bridgehead atoms. The molecular formula is C12H29N5. The van der Waals surface area contributed by atoms with E-state index in [9.17, 15) is 0 Å². The summed E-state index contributed by atoms with van der Waals surface area (Å²) >= 11 is 0. The molecule has 1 rings (SSSR count). The molecule has 0 saturated carbocycles. The minimum atomic E-state index is 0. The van der Waals surface area contributed by atoms with E-state index in [1.807, 2.05) is 17.9 Å². The molecular weight excluding hydrogens is 214 g/mol. The number of hydrogen-bond acceptors (Lipinski definition) is 4. The standard InChI is InChI=1S/C10H21N5.2CH4/c1-4-9(2)15-8-10(13-14-15)7-12-6-5-11-3;;/h8-9,11-12H,4-7H2,1-3H3;2*1H4. The van der Waals surface area contributed by atoms with Gasteiger partial charge in [-0.1, -0.05) is 27.0 Å². The second-order valence-corrected chi connectivity index (χ2v) is 3.73. The highest BCUT2D eigenvalue weighted by molar-refractivity contribution is 4.92. The minimum Gasteiger partial charge on any atom is -0.318 e. The lowest BCUT2D eigenvalue weighted by Gasteiger charge is -2.06. The highest BCUT2D eigenvalue weighted by atomic mass is 15.4. The van der Waals surface area contributed by atoms with Crippen molar-refractivity contribution in [3.05, 3.63) is 11.9 Å². The molecule has 1 unspecified atom stereocenters. The molecule has 0 aliphatic rings. The first-order valence-electron chi connectivity index (χ1n) is 5.54. The van der Waals surface area contributed by atoms with Gasteiger partial charge in [0.2, 0.25) is 0 Å². The fourth-order valence-corrected chi connectivity index (χ4v) is 1.23. The lowest BCUT2D eigenvalue weighted by atomic mass is 10.3. The first-order valence-corrected chi connectivity index (χ1v) is 5.54. The molecule has 0 saturated heterocycles. The van der Waals surface area contributed by atoms with Crippen LogP contribution in [0.2, 0.25) is 0 Å². The summed E-state index contributed by atoms with van der Waals surface area (Å²) < 4.78 is 1.93. The summed E-state index contributed by atoms with van der Waals surface area (Å²) in [6.07, 6.45) is 3.09. The quantitative estimate of drug-likeness (QED) is 0.717. The Morgan fingerprint density at radius 1 is 1.35 bits per heavy atom. The van der Waals surface area contributed by atoms with Crippen LogP contribution in [0.5, 0.6) is 0 Å².